The Kier molecular flexibility index (Phi) is 8.83. The molecule has 0 saturated carbocycles. The molecule has 1 aliphatic rings. The Balaban J connectivity index is 1.35. The van der Waals surface area contributed by atoms with Crippen molar-refractivity contribution >= 4 is 52.3 Å². The maximum atomic E-state index is 11.9. The van der Waals surface area contributed by atoms with Gasteiger partial charge in [0.1, 0.15) is 5.82 Å². The molecule has 0 radical (unpaired) electrons. The minimum absolute atomic E-state index is 0.173. The molecule has 0 spiro atoms. The predicted molar refractivity (Wildman–Crippen MR) is 157 cm³/mol. The number of hydrogen-bond donors (Lipinski definition) is 3. The topological polar surface area (TPSA) is 136 Å². The number of carbonyl (C=O) groups excluding carboxylic acids is 1. The van der Waals surface area contributed by atoms with Gasteiger partial charge in [-0.25, -0.2) is 15.0 Å². The summed E-state index contributed by atoms with van der Waals surface area (Å²) in [5, 5.41) is 12.5. The number of nitrogens with zero attached hydrogens (tertiary/aromatic N) is 6. The molecular formula is C27H31Cl2N9O2. The Hall–Kier alpha value is -3.67. The van der Waals surface area contributed by atoms with Crippen molar-refractivity contribution in [2.24, 2.45) is 0 Å². The highest BCUT2D eigenvalue weighted by atomic mass is 35.5. The highest BCUT2D eigenvalue weighted by Gasteiger charge is 2.26. The zero-order valence-corrected chi connectivity index (χ0v) is 23.6. The summed E-state index contributed by atoms with van der Waals surface area (Å²) in [5.41, 5.74) is 8.40. The molecule has 0 aliphatic carbocycles. The molecule has 13 heteroatoms. The molecule has 40 heavy (non-hydrogen) atoms. The van der Waals surface area contributed by atoms with Crippen molar-refractivity contribution in [3.8, 4) is 11.3 Å². The van der Waals surface area contributed by atoms with E-state index in [9.17, 15) is 4.79 Å². The van der Waals surface area contributed by atoms with Crippen LogP contribution in [0.5, 0.6) is 0 Å². The maximum absolute atomic E-state index is 11.9. The first-order valence-electron chi connectivity index (χ1n) is 13.2. The second-order valence-electron chi connectivity index (χ2n) is 9.51. The molecule has 5 rings (SSSR count). The summed E-state index contributed by atoms with van der Waals surface area (Å²) >= 11 is 12.6. The van der Waals surface area contributed by atoms with E-state index < -0.39 is 0 Å². The second kappa shape index (κ2) is 12.7. The van der Waals surface area contributed by atoms with Gasteiger partial charge in [-0.1, -0.05) is 23.2 Å². The molecule has 11 nitrogen and oxygen atoms in total. The van der Waals surface area contributed by atoms with Gasteiger partial charge in [-0.3, -0.25) is 9.69 Å². The summed E-state index contributed by atoms with van der Waals surface area (Å²) in [7, 11) is 0. The molecule has 3 aromatic heterocycles. The molecule has 4 N–H and O–H groups in total. The third-order valence-corrected chi connectivity index (χ3v) is 7.21. The van der Waals surface area contributed by atoms with Gasteiger partial charge in [0.2, 0.25) is 5.95 Å². The number of ether oxygens (including phenoxy) is 1. The molecule has 0 atom stereocenters. The van der Waals surface area contributed by atoms with Crippen molar-refractivity contribution < 1.29 is 9.53 Å². The molecule has 0 amide bonds. The molecule has 1 aliphatic heterocycles. The van der Waals surface area contributed by atoms with Gasteiger partial charge >= 0.3 is 5.97 Å². The average molecular weight is 585 g/mol. The lowest BCUT2D eigenvalue weighted by atomic mass is 9.96. The van der Waals surface area contributed by atoms with Gasteiger partial charge in [0.25, 0.3) is 0 Å². The smallest absolute Gasteiger partial charge is 0.320 e. The van der Waals surface area contributed by atoms with Crippen LogP contribution < -0.4 is 16.4 Å². The Labute approximate surface area is 242 Å². The van der Waals surface area contributed by atoms with Crippen LogP contribution in [0, 0.1) is 0 Å². The molecular weight excluding hydrogens is 553 g/mol. The van der Waals surface area contributed by atoms with E-state index in [2.05, 4.69) is 20.5 Å². The van der Waals surface area contributed by atoms with E-state index in [-0.39, 0.29) is 11.9 Å². The second-order valence-corrected chi connectivity index (χ2v) is 10.4. The number of piperidine rings is 1. The van der Waals surface area contributed by atoms with Crippen molar-refractivity contribution in [3.05, 3.63) is 58.5 Å². The molecule has 1 fully saturated rings. The van der Waals surface area contributed by atoms with Crippen LogP contribution in [0.15, 0.2) is 42.6 Å². The minimum Gasteiger partial charge on any atom is -0.465 e. The number of aromatic nitrogens is 5. The number of hydrogen-bond acceptors (Lipinski definition) is 10. The fraction of sp³-hybridized carbons (Fsp3) is 0.370. The number of anilines is 3. The first-order chi connectivity index (χ1) is 19.4. The highest BCUT2D eigenvalue weighted by Crippen LogP contribution is 2.32. The monoisotopic (exact) mass is 583 g/mol. The average Bonchev–Trinajstić information content (AvgIpc) is 3.37. The third-order valence-electron chi connectivity index (χ3n) is 6.66. The summed E-state index contributed by atoms with van der Waals surface area (Å²) in [6.45, 7) is 5.21. The van der Waals surface area contributed by atoms with Crippen molar-refractivity contribution in [3.63, 3.8) is 0 Å². The van der Waals surface area contributed by atoms with E-state index in [1.165, 1.54) is 0 Å². The minimum atomic E-state index is -0.191. The summed E-state index contributed by atoms with van der Waals surface area (Å²) in [5.74, 6) is 2.01. The number of nitrogen functional groups attached to an aromatic ring is 1. The first kappa shape index (κ1) is 27.9. The van der Waals surface area contributed by atoms with Crippen LogP contribution in [0.2, 0.25) is 10.0 Å². The SMILES string of the molecule is CCOC(=O)CN1CCC(c2nc3cc(-c4ccc(Cl)cc4Cl)nc(NCCNc4ccc(N)cn4)n3n2)CC1. The Bertz CT molecular complexity index is 1470. The van der Waals surface area contributed by atoms with Crippen LogP contribution in [-0.2, 0) is 9.53 Å². The van der Waals surface area contributed by atoms with E-state index in [0.29, 0.717) is 59.3 Å². The number of pyridine rings is 1. The van der Waals surface area contributed by atoms with Crippen molar-refractivity contribution in [2.75, 3.05) is 55.7 Å². The van der Waals surface area contributed by atoms with Gasteiger partial charge in [0.05, 0.1) is 35.8 Å². The maximum Gasteiger partial charge on any atom is 0.320 e. The normalized spacial score (nSPS) is 14.4. The van der Waals surface area contributed by atoms with Crippen molar-refractivity contribution in [1.82, 2.24) is 29.5 Å². The van der Waals surface area contributed by atoms with E-state index in [0.717, 1.165) is 43.1 Å². The van der Waals surface area contributed by atoms with E-state index >= 15 is 0 Å². The van der Waals surface area contributed by atoms with Gasteiger partial charge < -0.3 is 21.1 Å². The Morgan fingerprint density at radius 1 is 1.10 bits per heavy atom. The van der Waals surface area contributed by atoms with Gasteiger partial charge in [-0.2, -0.15) is 4.52 Å². The Morgan fingerprint density at radius 2 is 1.90 bits per heavy atom. The van der Waals surface area contributed by atoms with Crippen molar-refractivity contribution in [1.29, 1.82) is 0 Å². The molecule has 0 unspecified atom stereocenters. The number of fused-ring (bicyclic) bond motifs is 1. The number of nitrogens with two attached hydrogens (primary N) is 1. The largest absolute Gasteiger partial charge is 0.465 e. The van der Waals surface area contributed by atoms with Crippen LogP contribution in [0.3, 0.4) is 0 Å². The third kappa shape index (κ3) is 6.72. The number of benzene rings is 1. The van der Waals surface area contributed by atoms with Crippen LogP contribution >= 0.6 is 23.2 Å². The van der Waals surface area contributed by atoms with Gasteiger partial charge in [-0.05, 0) is 63.2 Å². The summed E-state index contributed by atoms with van der Waals surface area (Å²) in [6, 6.07) is 10.8. The molecule has 4 heterocycles. The molecule has 1 saturated heterocycles. The molecule has 1 aromatic carbocycles. The highest BCUT2D eigenvalue weighted by molar-refractivity contribution is 6.36. The number of likely N-dealkylation sites (tertiary alicyclic amines) is 1. The van der Waals surface area contributed by atoms with E-state index in [4.69, 9.17) is 48.7 Å². The van der Waals surface area contributed by atoms with Crippen LogP contribution in [-0.4, -0.2) is 74.8 Å². The van der Waals surface area contributed by atoms with E-state index in [1.54, 1.807) is 28.9 Å². The lowest BCUT2D eigenvalue weighted by molar-refractivity contribution is -0.144. The first-order valence-corrected chi connectivity index (χ1v) is 14.0. The van der Waals surface area contributed by atoms with Crippen molar-refractivity contribution in [2.45, 2.75) is 25.7 Å². The number of nitrogens with one attached hydrogen (secondary N) is 2. The van der Waals surface area contributed by atoms with Crippen LogP contribution in [0.4, 0.5) is 17.5 Å². The van der Waals surface area contributed by atoms with Crippen LogP contribution in [0.25, 0.3) is 16.9 Å². The predicted octanol–water partition coefficient (Wildman–Crippen LogP) is 4.34. The van der Waals surface area contributed by atoms with Gasteiger partial charge in [0.15, 0.2) is 11.5 Å². The number of esters is 1. The van der Waals surface area contributed by atoms with Gasteiger partial charge in [0, 0.05) is 35.7 Å². The molecule has 4 aromatic rings. The molecule has 0 bridgehead atoms. The van der Waals surface area contributed by atoms with E-state index in [1.807, 2.05) is 25.1 Å². The lowest BCUT2D eigenvalue weighted by Gasteiger charge is -2.29. The zero-order chi connectivity index (χ0) is 28.1. The standard InChI is InChI=1S/C27H31Cl2N9O2/c1-2-40-25(39)16-37-11-7-17(8-12-37)26-35-24-14-22(20-5-3-18(28)13-21(20)29)34-27(38(24)36-26)32-10-9-31-23-6-4-19(30)15-33-23/h3-6,13-15,17H,2,7-12,16,30H2,1H3,(H,31,33)(H,32,34). The lowest BCUT2D eigenvalue weighted by Crippen LogP contribution is -2.37. The quantitative estimate of drug-likeness (QED) is 0.182. The van der Waals surface area contributed by atoms with Crippen LogP contribution in [0.1, 0.15) is 31.5 Å². The number of halogens is 2. The fourth-order valence-electron chi connectivity index (χ4n) is 4.64. The fourth-order valence-corrected chi connectivity index (χ4v) is 5.15. The van der Waals surface area contributed by atoms with Gasteiger partial charge in [-0.15, -0.1) is 5.10 Å². The number of rotatable bonds is 10. The Morgan fingerprint density at radius 3 is 2.62 bits per heavy atom. The molecule has 210 valence electrons. The summed E-state index contributed by atoms with van der Waals surface area (Å²) < 4.78 is 6.82. The zero-order valence-electron chi connectivity index (χ0n) is 22.1. The summed E-state index contributed by atoms with van der Waals surface area (Å²) in [6.07, 6.45) is 3.31. The summed E-state index contributed by atoms with van der Waals surface area (Å²) in [4.78, 5) is 28.0. The number of carbonyl (C=O) groups is 1.